The van der Waals surface area contributed by atoms with Gasteiger partial charge < -0.3 is 21.0 Å². The molecule has 5 N–H and O–H groups in total. The number of carbonyl (C=O) groups excluding carboxylic acids is 2. The molecule has 0 saturated heterocycles. The Hall–Kier alpha value is -5.96. The van der Waals surface area contributed by atoms with Crippen molar-refractivity contribution in [2.24, 2.45) is 18.5 Å². The molecule has 4 aromatic carbocycles. The van der Waals surface area contributed by atoms with Gasteiger partial charge in [-0.3, -0.25) is 9.59 Å². The molecule has 6 aromatic rings. The van der Waals surface area contributed by atoms with Crippen molar-refractivity contribution in [1.29, 1.82) is 5.26 Å². The van der Waals surface area contributed by atoms with Crippen LogP contribution in [0.4, 0.5) is 22.0 Å². The molecule has 0 aliphatic heterocycles. The smallest absolute Gasteiger partial charge is 0.265 e. The predicted octanol–water partition coefficient (Wildman–Crippen LogP) is 7.06. The zero-order chi connectivity index (χ0) is 33.6. The molecule has 0 atom stereocenters. The molecular formula is C34H24F5N5O2. The van der Waals surface area contributed by atoms with Gasteiger partial charge in [0.25, 0.3) is 11.8 Å². The summed E-state index contributed by atoms with van der Waals surface area (Å²) in [5.74, 6) is -6.30. The number of benzene rings is 4. The number of nitrogens with two attached hydrogens (primary N) is 2. The van der Waals surface area contributed by atoms with E-state index >= 15 is 0 Å². The van der Waals surface area contributed by atoms with Gasteiger partial charge >= 0.3 is 0 Å². The molecule has 0 fully saturated rings. The molecule has 0 unspecified atom stereocenters. The number of fused-ring (bicyclic) bond motifs is 2. The first kappa shape index (κ1) is 31.5. The van der Waals surface area contributed by atoms with Crippen LogP contribution in [-0.2, 0) is 7.05 Å². The van der Waals surface area contributed by atoms with Crippen molar-refractivity contribution in [1.82, 2.24) is 9.55 Å². The van der Waals surface area contributed by atoms with E-state index in [2.05, 4.69) is 4.98 Å². The summed E-state index contributed by atoms with van der Waals surface area (Å²) in [6.07, 6.45) is 0. The van der Waals surface area contributed by atoms with Crippen LogP contribution in [0.5, 0.6) is 0 Å². The van der Waals surface area contributed by atoms with Gasteiger partial charge in [0, 0.05) is 28.9 Å². The van der Waals surface area contributed by atoms with Crippen molar-refractivity contribution in [3.63, 3.8) is 0 Å². The molecule has 46 heavy (non-hydrogen) atoms. The maximum atomic E-state index is 14.1. The maximum absolute atomic E-state index is 14.1. The number of hydrogen-bond acceptors (Lipinski definition) is 3. The van der Waals surface area contributed by atoms with Crippen molar-refractivity contribution in [2.45, 2.75) is 13.8 Å². The number of halogens is 5. The van der Waals surface area contributed by atoms with Gasteiger partial charge in [0.2, 0.25) is 0 Å². The highest BCUT2D eigenvalue weighted by molar-refractivity contribution is 6.05. The van der Waals surface area contributed by atoms with Crippen LogP contribution in [0.1, 0.15) is 37.7 Å². The lowest BCUT2D eigenvalue weighted by Crippen LogP contribution is -2.16. The highest BCUT2D eigenvalue weighted by Gasteiger charge is 2.21. The Bertz CT molecular complexity index is 2260. The van der Waals surface area contributed by atoms with Gasteiger partial charge in [0.1, 0.15) is 23.0 Å². The highest BCUT2D eigenvalue weighted by Crippen LogP contribution is 2.35. The van der Waals surface area contributed by atoms with E-state index < -0.39 is 35.1 Å². The zero-order valence-electron chi connectivity index (χ0n) is 24.5. The summed E-state index contributed by atoms with van der Waals surface area (Å²) in [7, 11) is 1.72. The van der Waals surface area contributed by atoms with Crippen LogP contribution >= 0.6 is 0 Å². The summed E-state index contributed by atoms with van der Waals surface area (Å²) < 4.78 is 69.4. The number of amides is 2. The molecule has 0 bridgehead atoms. The SMILES string of the molecule is Cc1cc(-c2cc(F)cc3c(C)c(C(N)=O)n(C)c23)ccc1F.N#Cc1cc(-c2cc(F)c(F)c(F)c2)c2[nH]c(C(N)=O)cc2c1. The number of nitriles is 1. The van der Waals surface area contributed by atoms with Gasteiger partial charge in [-0.1, -0.05) is 6.07 Å². The van der Waals surface area contributed by atoms with Crippen molar-refractivity contribution < 1.29 is 31.5 Å². The lowest BCUT2D eigenvalue weighted by molar-refractivity contribution is 0.0985. The van der Waals surface area contributed by atoms with E-state index in [1.165, 1.54) is 36.4 Å². The number of aryl methyl sites for hydroxylation is 3. The minimum atomic E-state index is -1.58. The highest BCUT2D eigenvalue weighted by atomic mass is 19.2. The topological polar surface area (TPSA) is 131 Å². The molecule has 2 heterocycles. The van der Waals surface area contributed by atoms with Gasteiger partial charge in [0.15, 0.2) is 17.5 Å². The molecule has 0 spiro atoms. The minimum Gasteiger partial charge on any atom is -0.364 e. The Labute approximate surface area is 258 Å². The monoisotopic (exact) mass is 629 g/mol. The van der Waals surface area contributed by atoms with Crippen molar-refractivity contribution in [3.05, 3.63) is 118 Å². The fraction of sp³-hybridized carbons (Fsp3) is 0.0882. The van der Waals surface area contributed by atoms with Crippen molar-refractivity contribution in [2.75, 3.05) is 0 Å². The molecule has 7 nitrogen and oxygen atoms in total. The fourth-order valence-corrected chi connectivity index (χ4v) is 5.50. The summed E-state index contributed by atoms with van der Waals surface area (Å²) in [4.78, 5) is 25.7. The Balaban J connectivity index is 0.000000181. The van der Waals surface area contributed by atoms with Crippen LogP contribution < -0.4 is 11.5 Å². The summed E-state index contributed by atoms with van der Waals surface area (Å²) in [6.45, 7) is 3.39. The third-order valence-electron chi connectivity index (χ3n) is 7.62. The number of hydrogen-bond donors (Lipinski definition) is 3. The molecule has 0 aliphatic carbocycles. The Kier molecular flexibility index (Phi) is 8.11. The Morgan fingerprint density at radius 2 is 1.48 bits per heavy atom. The third-order valence-corrected chi connectivity index (χ3v) is 7.62. The van der Waals surface area contributed by atoms with Gasteiger partial charge in [-0.15, -0.1) is 0 Å². The van der Waals surface area contributed by atoms with Gasteiger partial charge in [-0.2, -0.15) is 5.26 Å². The number of aromatic amines is 1. The molecule has 0 radical (unpaired) electrons. The first-order valence-electron chi connectivity index (χ1n) is 13.6. The van der Waals surface area contributed by atoms with Crippen LogP contribution in [0.15, 0.2) is 60.7 Å². The van der Waals surface area contributed by atoms with E-state index in [1.54, 1.807) is 37.6 Å². The van der Waals surface area contributed by atoms with E-state index in [9.17, 15) is 31.5 Å². The molecule has 12 heteroatoms. The van der Waals surface area contributed by atoms with E-state index in [0.717, 1.165) is 12.1 Å². The van der Waals surface area contributed by atoms with E-state index in [1.807, 2.05) is 6.07 Å². The Morgan fingerprint density at radius 3 is 2.07 bits per heavy atom. The average molecular weight is 630 g/mol. The summed E-state index contributed by atoms with van der Waals surface area (Å²) >= 11 is 0. The maximum Gasteiger partial charge on any atom is 0.265 e. The van der Waals surface area contributed by atoms with Crippen LogP contribution in [0, 0.1) is 54.3 Å². The zero-order valence-corrected chi connectivity index (χ0v) is 24.5. The Morgan fingerprint density at radius 1 is 0.804 bits per heavy atom. The number of aromatic nitrogens is 2. The van der Waals surface area contributed by atoms with Crippen LogP contribution in [-0.4, -0.2) is 21.4 Å². The third kappa shape index (κ3) is 5.54. The summed E-state index contributed by atoms with van der Waals surface area (Å²) in [5.41, 5.74) is 15.0. The van der Waals surface area contributed by atoms with E-state index in [-0.39, 0.29) is 28.2 Å². The number of nitrogens with zero attached hydrogens (tertiary/aromatic N) is 2. The second kappa shape index (κ2) is 11.9. The van der Waals surface area contributed by atoms with Gasteiger partial charge in [-0.25, -0.2) is 22.0 Å². The lowest BCUT2D eigenvalue weighted by Gasteiger charge is -2.09. The average Bonchev–Trinajstić information content (AvgIpc) is 3.55. The number of carbonyl (C=O) groups is 2. The van der Waals surface area contributed by atoms with Crippen molar-refractivity contribution >= 4 is 33.6 Å². The van der Waals surface area contributed by atoms with E-state index in [0.29, 0.717) is 49.8 Å². The van der Waals surface area contributed by atoms with Crippen LogP contribution in [0.25, 0.3) is 44.1 Å². The first-order chi connectivity index (χ1) is 21.7. The lowest BCUT2D eigenvalue weighted by atomic mass is 9.99. The normalized spacial score (nSPS) is 10.9. The van der Waals surface area contributed by atoms with Gasteiger partial charge in [0.05, 0.1) is 22.7 Å². The molecule has 0 saturated carbocycles. The molecular weight excluding hydrogens is 605 g/mol. The van der Waals surface area contributed by atoms with Crippen molar-refractivity contribution in [3.8, 4) is 28.3 Å². The molecule has 6 rings (SSSR count). The van der Waals surface area contributed by atoms with E-state index in [4.69, 9.17) is 16.7 Å². The molecule has 232 valence electrons. The second-order valence-corrected chi connectivity index (χ2v) is 10.6. The predicted molar refractivity (Wildman–Crippen MR) is 163 cm³/mol. The summed E-state index contributed by atoms with van der Waals surface area (Å²) in [6, 6.07) is 15.3. The number of nitrogens with one attached hydrogen (secondary N) is 1. The standard InChI is InChI=1S/C18H16F2N2O.C16H8F3N3O/c1-9-6-11(4-5-15(9)20)14-8-12(19)7-13-10(2)16(18(21)23)22(3)17(13)14;17-11-3-8(4-12(18)14(11)19)10-2-7(6-20)1-9-5-13(16(21)23)22-15(9)10/h4-8H,1-3H3,(H2,21,23);1-5,22H,(H2,21,23). The minimum absolute atomic E-state index is 0.0290. The van der Waals surface area contributed by atoms with Crippen LogP contribution in [0.3, 0.4) is 0 Å². The molecule has 0 aliphatic rings. The quantitative estimate of drug-likeness (QED) is 0.143. The number of rotatable bonds is 4. The fourth-order valence-electron chi connectivity index (χ4n) is 5.50. The molecule has 2 amide bonds. The van der Waals surface area contributed by atoms with Gasteiger partial charge in [-0.05, 0) is 90.7 Å². The number of primary amides is 2. The van der Waals surface area contributed by atoms with Crippen LogP contribution in [0.2, 0.25) is 0 Å². The number of H-pyrrole nitrogens is 1. The largest absolute Gasteiger partial charge is 0.364 e. The second-order valence-electron chi connectivity index (χ2n) is 10.6. The molecule has 2 aromatic heterocycles. The summed E-state index contributed by atoms with van der Waals surface area (Å²) in [5, 5.41) is 10.2. The first-order valence-corrected chi connectivity index (χ1v) is 13.6.